The van der Waals surface area contributed by atoms with Crippen LogP contribution in [0, 0.1) is 12.8 Å². The van der Waals surface area contributed by atoms with Crippen LogP contribution in [0.1, 0.15) is 35.6 Å². The minimum atomic E-state index is 0. The van der Waals surface area contributed by atoms with E-state index in [1.54, 1.807) is 14.2 Å². The normalized spacial score (nSPS) is 18.2. The number of hydrogen-bond donors (Lipinski definition) is 2. The molecule has 1 heterocycles. The Kier molecular flexibility index (Phi) is 11.8. The van der Waals surface area contributed by atoms with Crippen molar-refractivity contribution < 1.29 is 14.2 Å². The fourth-order valence-electron chi connectivity index (χ4n) is 3.81. The van der Waals surface area contributed by atoms with Gasteiger partial charge in [0.1, 0.15) is 5.75 Å². The van der Waals surface area contributed by atoms with Crippen molar-refractivity contribution in [2.24, 2.45) is 10.9 Å². The predicted octanol–water partition coefficient (Wildman–Crippen LogP) is 4.47. The highest BCUT2D eigenvalue weighted by atomic mass is 127. The average molecular weight is 553 g/mol. The maximum Gasteiger partial charge on any atom is 0.191 e. The molecule has 0 bridgehead atoms. The minimum Gasteiger partial charge on any atom is -0.493 e. The summed E-state index contributed by atoms with van der Waals surface area (Å²) in [5.74, 6) is 2.11. The number of hydrogen-bond acceptors (Lipinski definition) is 4. The highest BCUT2D eigenvalue weighted by molar-refractivity contribution is 14.0. The van der Waals surface area contributed by atoms with Crippen molar-refractivity contribution in [2.75, 3.05) is 40.5 Å². The van der Waals surface area contributed by atoms with Gasteiger partial charge in [0.05, 0.1) is 12.7 Å². The van der Waals surface area contributed by atoms with Crippen molar-refractivity contribution in [1.29, 1.82) is 0 Å². The first-order valence-electron chi connectivity index (χ1n) is 11.0. The molecule has 0 radical (unpaired) electrons. The number of halogens is 1. The first-order chi connectivity index (χ1) is 15.2. The van der Waals surface area contributed by atoms with Crippen LogP contribution in [0.3, 0.4) is 0 Å². The Labute approximate surface area is 209 Å². The molecular weight excluding hydrogens is 517 g/mol. The maximum atomic E-state index is 6.00. The van der Waals surface area contributed by atoms with E-state index in [0.717, 1.165) is 43.3 Å². The van der Waals surface area contributed by atoms with E-state index >= 15 is 0 Å². The molecular formula is C25H36IN3O3. The zero-order valence-corrected chi connectivity index (χ0v) is 21.6. The molecule has 1 aliphatic rings. The summed E-state index contributed by atoms with van der Waals surface area (Å²) in [4.78, 5) is 4.39. The molecule has 0 amide bonds. The Hall–Kier alpha value is -1.84. The van der Waals surface area contributed by atoms with E-state index in [2.05, 4.69) is 65.0 Å². The number of methoxy groups -OCH3 is 1. The van der Waals surface area contributed by atoms with Crippen molar-refractivity contribution in [3.05, 3.63) is 65.2 Å². The summed E-state index contributed by atoms with van der Waals surface area (Å²) in [6.07, 6.45) is 2.05. The number of ether oxygens (including phenoxy) is 3. The third-order valence-electron chi connectivity index (χ3n) is 5.52. The molecule has 0 aliphatic carbocycles. The lowest BCUT2D eigenvalue weighted by molar-refractivity contribution is 0.0915. The third-order valence-corrected chi connectivity index (χ3v) is 5.52. The molecule has 2 atom stereocenters. The van der Waals surface area contributed by atoms with Gasteiger partial charge in [-0.1, -0.05) is 42.5 Å². The summed E-state index contributed by atoms with van der Waals surface area (Å²) in [6, 6.07) is 16.8. The van der Waals surface area contributed by atoms with E-state index in [1.807, 2.05) is 6.07 Å². The second-order valence-corrected chi connectivity index (χ2v) is 7.86. The molecule has 7 heteroatoms. The lowest BCUT2D eigenvalue weighted by atomic mass is 9.95. The number of rotatable bonds is 10. The molecule has 2 unspecified atom stereocenters. The summed E-state index contributed by atoms with van der Waals surface area (Å²) < 4.78 is 17.1. The van der Waals surface area contributed by atoms with Gasteiger partial charge < -0.3 is 24.8 Å². The predicted molar refractivity (Wildman–Crippen MR) is 140 cm³/mol. The van der Waals surface area contributed by atoms with Crippen LogP contribution in [0.2, 0.25) is 0 Å². The minimum absolute atomic E-state index is 0. The summed E-state index contributed by atoms with van der Waals surface area (Å²) in [6.45, 7) is 5.67. The number of aliphatic imine (C=N–C) groups is 1. The largest absolute Gasteiger partial charge is 0.493 e. The summed E-state index contributed by atoms with van der Waals surface area (Å²) in [7, 11) is 3.51. The standard InChI is InChI=1S/C25H35N3O3.HI/c1-19-10-11-21(23(16-19)30-14-7-13-29-3)17-27-25(26-2)28-18-22-12-15-31-24(22)20-8-5-4-6-9-20;/h4-6,8-11,16,22,24H,7,12-15,17-18H2,1-3H3,(H2,26,27,28);1H. The van der Waals surface area contributed by atoms with Crippen molar-refractivity contribution in [3.8, 4) is 5.75 Å². The SMILES string of the molecule is CN=C(NCc1ccc(C)cc1OCCCOC)NCC1CCOC1c1ccccc1.I. The molecule has 2 N–H and O–H groups in total. The van der Waals surface area contributed by atoms with Gasteiger partial charge in [-0.05, 0) is 30.5 Å². The van der Waals surface area contributed by atoms with Gasteiger partial charge in [0.15, 0.2) is 5.96 Å². The molecule has 2 aromatic rings. The number of aryl methyl sites for hydroxylation is 1. The first kappa shape index (κ1) is 26.4. The van der Waals surface area contributed by atoms with E-state index < -0.39 is 0 Å². The number of nitrogens with zero attached hydrogens (tertiary/aromatic N) is 1. The smallest absolute Gasteiger partial charge is 0.191 e. The first-order valence-corrected chi connectivity index (χ1v) is 11.0. The Bertz CT molecular complexity index is 832. The summed E-state index contributed by atoms with van der Waals surface area (Å²) in [5.41, 5.74) is 3.53. The highest BCUT2D eigenvalue weighted by Gasteiger charge is 2.29. The topological polar surface area (TPSA) is 64.1 Å². The van der Waals surface area contributed by atoms with Gasteiger partial charge in [-0.15, -0.1) is 24.0 Å². The Morgan fingerprint density at radius 2 is 1.94 bits per heavy atom. The second-order valence-electron chi connectivity index (χ2n) is 7.86. The molecule has 0 spiro atoms. The average Bonchev–Trinajstić information content (AvgIpc) is 3.27. The molecule has 6 nitrogen and oxygen atoms in total. The quantitative estimate of drug-likeness (QED) is 0.197. The summed E-state index contributed by atoms with van der Waals surface area (Å²) >= 11 is 0. The number of guanidine groups is 1. The fraction of sp³-hybridized carbons (Fsp3) is 0.480. The summed E-state index contributed by atoms with van der Waals surface area (Å²) in [5, 5.41) is 6.89. The molecule has 3 rings (SSSR count). The van der Waals surface area contributed by atoms with Gasteiger partial charge >= 0.3 is 0 Å². The van der Waals surface area contributed by atoms with Gasteiger partial charge in [-0.25, -0.2) is 0 Å². The van der Waals surface area contributed by atoms with Crippen LogP contribution < -0.4 is 15.4 Å². The van der Waals surface area contributed by atoms with Crippen molar-refractivity contribution >= 4 is 29.9 Å². The highest BCUT2D eigenvalue weighted by Crippen LogP contribution is 2.33. The zero-order valence-electron chi connectivity index (χ0n) is 19.3. The van der Waals surface area contributed by atoms with Gasteiger partial charge in [0.2, 0.25) is 0 Å². The van der Waals surface area contributed by atoms with E-state index in [4.69, 9.17) is 14.2 Å². The van der Waals surface area contributed by atoms with Crippen LogP contribution in [0.5, 0.6) is 5.75 Å². The lowest BCUT2D eigenvalue weighted by Crippen LogP contribution is -2.40. The van der Waals surface area contributed by atoms with E-state index in [9.17, 15) is 0 Å². The van der Waals surface area contributed by atoms with Crippen molar-refractivity contribution in [2.45, 2.75) is 32.4 Å². The molecule has 32 heavy (non-hydrogen) atoms. The number of benzene rings is 2. The molecule has 0 saturated carbocycles. The van der Waals surface area contributed by atoms with Crippen LogP contribution in [-0.2, 0) is 16.0 Å². The van der Waals surface area contributed by atoms with Crippen LogP contribution in [-0.4, -0.2) is 46.5 Å². The lowest BCUT2D eigenvalue weighted by Gasteiger charge is -2.21. The van der Waals surface area contributed by atoms with Gasteiger partial charge in [-0.3, -0.25) is 4.99 Å². The Morgan fingerprint density at radius 3 is 2.69 bits per heavy atom. The van der Waals surface area contributed by atoms with E-state index in [-0.39, 0.29) is 30.1 Å². The van der Waals surface area contributed by atoms with Crippen LogP contribution in [0.25, 0.3) is 0 Å². The Morgan fingerprint density at radius 1 is 1.12 bits per heavy atom. The van der Waals surface area contributed by atoms with Crippen LogP contribution in [0.15, 0.2) is 53.5 Å². The molecule has 1 aliphatic heterocycles. The Balaban J connectivity index is 0.00000363. The van der Waals surface area contributed by atoms with E-state index in [0.29, 0.717) is 25.7 Å². The molecule has 0 aromatic heterocycles. The van der Waals surface area contributed by atoms with Crippen molar-refractivity contribution in [3.63, 3.8) is 0 Å². The third kappa shape index (κ3) is 7.94. The zero-order chi connectivity index (χ0) is 21.9. The van der Waals surface area contributed by atoms with Gasteiger partial charge in [0, 0.05) is 58.4 Å². The molecule has 2 aromatic carbocycles. The van der Waals surface area contributed by atoms with E-state index in [1.165, 1.54) is 11.1 Å². The maximum absolute atomic E-state index is 6.00. The van der Waals surface area contributed by atoms with Crippen LogP contribution in [0.4, 0.5) is 0 Å². The fourth-order valence-corrected chi connectivity index (χ4v) is 3.81. The van der Waals surface area contributed by atoms with Crippen molar-refractivity contribution in [1.82, 2.24) is 10.6 Å². The van der Waals surface area contributed by atoms with Crippen LogP contribution >= 0.6 is 24.0 Å². The monoisotopic (exact) mass is 553 g/mol. The molecule has 1 fully saturated rings. The van der Waals surface area contributed by atoms with Gasteiger partial charge in [0.25, 0.3) is 0 Å². The number of nitrogens with one attached hydrogen (secondary N) is 2. The van der Waals surface area contributed by atoms with Gasteiger partial charge in [-0.2, -0.15) is 0 Å². The molecule has 176 valence electrons. The molecule has 1 saturated heterocycles. The second kappa shape index (κ2) is 14.3.